The van der Waals surface area contributed by atoms with Crippen molar-refractivity contribution in [3.05, 3.63) is 80.7 Å². The Hall–Kier alpha value is -2.77. The van der Waals surface area contributed by atoms with E-state index >= 15 is 0 Å². The summed E-state index contributed by atoms with van der Waals surface area (Å²) in [5.41, 5.74) is 0.458. The zero-order valence-electron chi connectivity index (χ0n) is 15.9. The van der Waals surface area contributed by atoms with E-state index in [4.69, 9.17) is 9.47 Å². The number of thiophene rings is 2. The Bertz CT molecular complexity index is 894. The molecule has 3 atom stereocenters. The van der Waals surface area contributed by atoms with Crippen LogP contribution < -0.4 is 0 Å². The highest BCUT2D eigenvalue weighted by Gasteiger charge is 2.42. The summed E-state index contributed by atoms with van der Waals surface area (Å²) in [6.45, 7) is 2.60. The Labute approximate surface area is 176 Å². The maximum Gasteiger partial charge on any atom is 0.303 e. The quantitative estimate of drug-likeness (QED) is 0.363. The van der Waals surface area contributed by atoms with E-state index in [9.17, 15) is 14.4 Å². The minimum absolute atomic E-state index is 0.259. The molecule has 0 bridgehead atoms. The molecular formula is C22H20O5S2. The molecule has 2 aromatic heterocycles. The zero-order valence-corrected chi connectivity index (χ0v) is 17.6. The van der Waals surface area contributed by atoms with Gasteiger partial charge >= 0.3 is 11.9 Å². The van der Waals surface area contributed by atoms with Crippen LogP contribution in [0.15, 0.2) is 65.4 Å². The van der Waals surface area contributed by atoms with Gasteiger partial charge in [-0.25, -0.2) is 0 Å². The predicted octanol–water partition coefficient (Wildman–Crippen LogP) is 5.22. The SMILES string of the molecule is CC(=O)O[C@H](c1cccs1)C(C(=O)c1ccccc1)[C@@H](OC(C)=O)c1cccs1. The largest absolute Gasteiger partial charge is 0.456 e. The lowest BCUT2D eigenvalue weighted by Gasteiger charge is -2.31. The van der Waals surface area contributed by atoms with Crippen LogP contribution in [0.5, 0.6) is 0 Å². The molecule has 3 aromatic rings. The molecule has 5 nitrogen and oxygen atoms in total. The molecule has 1 aromatic carbocycles. The van der Waals surface area contributed by atoms with Gasteiger partial charge in [-0.05, 0) is 22.9 Å². The minimum Gasteiger partial charge on any atom is -0.456 e. The maximum atomic E-state index is 13.6. The van der Waals surface area contributed by atoms with Crippen LogP contribution in [-0.4, -0.2) is 17.7 Å². The van der Waals surface area contributed by atoms with E-state index in [1.54, 1.807) is 24.3 Å². The zero-order chi connectivity index (χ0) is 20.8. The molecule has 0 aliphatic carbocycles. The van der Waals surface area contributed by atoms with Crippen LogP contribution >= 0.6 is 22.7 Å². The number of carbonyl (C=O) groups is 3. The van der Waals surface area contributed by atoms with Gasteiger partial charge < -0.3 is 9.47 Å². The van der Waals surface area contributed by atoms with Crippen molar-refractivity contribution in [2.75, 3.05) is 0 Å². The van der Waals surface area contributed by atoms with Crippen molar-refractivity contribution in [3.8, 4) is 0 Å². The van der Waals surface area contributed by atoms with Crippen LogP contribution in [0.1, 0.15) is 46.2 Å². The average molecular weight is 429 g/mol. The van der Waals surface area contributed by atoms with Crippen molar-refractivity contribution >= 4 is 40.4 Å². The molecule has 0 radical (unpaired) electrons. The first-order valence-electron chi connectivity index (χ1n) is 8.98. The van der Waals surface area contributed by atoms with Gasteiger partial charge in [-0.1, -0.05) is 42.5 Å². The molecule has 7 heteroatoms. The lowest BCUT2D eigenvalue weighted by molar-refractivity contribution is -0.157. The molecule has 3 rings (SSSR count). The van der Waals surface area contributed by atoms with Crippen molar-refractivity contribution in [2.24, 2.45) is 5.92 Å². The molecule has 1 unspecified atom stereocenters. The van der Waals surface area contributed by atoms with E-state index in [2.05, 4.69) is 0 Å². The Balaban J connectivity index is 2.14. The normalized spacial score (nSPS) is 13.9. The number of rotatable bonds is 8. The molecule has 29 heavy (non-hydrogen) atoms. The summed E-state index contributed by atoms with van der Waals surface area (Å²) in [4.78, 5) is 38.9. The Kier molecular flexibility index (Phi) is 6.95. The maximum absolute atomic E-state index is 13.6. The van der Waals surface area contributed by atoms with Crippen LogP contribution in [-0.2, 0) is 19.1 Å². The number of hydrogen-bond donors (Lipinski definition) is 0. The van der Waals surface area contributed by atoms with E-state index < -0.39 is 30.1 Å². The molecule has 0 spiro atoms. The summed E-state index contributed by atoms with van der Waals surface area (Å²) in [5, 5.41) is 3.70. The van der Waals surface area contributed by atoms with Gasteiger partial charge in [-0.3, -0.25) is 14.4 Å². The predicted molar refractivity (Wildman–Crippen MR) is 112 cm³/mol. The third-order valence-electron chi connectivity index (χ3n) is 4.25. The molecule has 0 saturated heterocycles. The fraction of sp³-hybridized carbons (Fsp3) is 0.227. The smallest absolute Gasteiger partial charge is 0.303 e. The number of benzene rings is 1. The summed E-state index contributed by atoms with van der Waals surface area (Å²) in [5.74, 6) is -2.21. The fourth-order valence-corrected chi connectivity index (χ4v) is 4.71. The highest BCUT2D eigenvalue weighted by molar-refractivity contribution is 7.10. The van der Waals surface area contributed by atoms with Crippen LogP contribution in [0, 0.1) is 5.92 Å². The number of carbonyl (C=O) groups excluding carboxylic acids is 3. The highest BCUT2D eigenvalue weighted by atomic mass is 32.1. The van der Waals surface area contributed by atoms with Gasteiger partial charge in [-0.2, -0.15) is 0 Å². The number of esters is 2. The van der Waals surface area contributed by atoms with Gasteiger partial charge in [0.25, 0.3) is 0 Å². The van der Waals surface area contributed by atoms with Crippen molar-refractivity contribution in [1.29, 1.82) is 0 Å². The van der Waals surface area contributed by atoms with Crippen molar-refractivity contribution in [3.63, 3.8) is 0 Å². The summed E-state index contributed by atoms with van der Waals surface area (Å²) in [6, 6.07) is 16.0. The lowest BCUT2D eigenvalue weighted by atomic mass is 9.85. The Morgan fingerprint density at radius 2 is 1.21 bits per heavy atom. The van der Waals surface area contributed by atoms with E-state index in [0.29, 0.717) is 15.3 Å². The number of hydrogen-bond acceptors (Lipinski definition) is 7. The lowest BCUT2D eigenvalue weighted by Crippen LogP contribution is -2.33. The van der Waals surface area contributed by atoms with Gasteiger partial charge in [0.2, 0.25) is 0 Å². The standard InChI is InChI=1S/C22H20O5S2/c1-14(23)26-21(17-10-6-12-28-17)19(20(25)16-8-4-3-5-9-16)22(27-15(2)24)18-11-7-13-29-18/h3-13,19,21-22H,1-2H3/t19?,21-,22+. The topological polar surface area (TPSA) is 69.7 Å². The van der Waals surface area contributed by atoms with Gasteiger partial charge in [-0.15, -0.1) is 22.7 Å². The van der Waals surface area contributed by atoms with Gasteiger partial charge in [0.1, 0.15) is 18.1 Å². The summed E-state index contributed by atoms with van der Waals surface area (Å²) < 4.78 is 11.2. The summed E-state index contributed by atoms with van der Waals surface area (Å²) >= 11 is 2.76. The highest BCUT2D eigenvalue weighted by Crippen LogP contribution is 2.42. The fourth-order valence-electron chi connectivity index (χ4n) is 3.11. The minimum atomic E-state index is -0.928. The van der Waals surface area contributed by atoms with Crippen molar-refractivity contribution in [1.82, 2.24) is 0 Å². The second-order valence-corrected chi connectivity index (χ2v) is 8.31. The van der Waals surface area contributed by atoms with Crippen molar-refractivity contribution < 1.29 is 23.9 Å². The summed E-state index contributed by atoms with van der Waals surface area (Å²) in [6.07, 6.45) is -1.77. The molecule has 0 N–H and O–H groups in total. The number of ketones is 1. The van der Waals surface area contributed by atoms with Gasteiger partial charge in [0.05, 0.1) is 0 Å². The van der Waals surface area contributed by atoms with E-state index in [-0.39, 0.29) is 5.78 Å². The second kappa shape index (κ2) is 9.62. The average Bonchev–Trinajstić information content (AvgIpc) is 3.40. The molecule has 150 valence electrons. The van der Waals surface area contributed by atoms with E-state index in [1.807, 2.05) is 41.1 Å². The van der Waals surface area contributed by atoms with Crippen molar-refractivity contribution in [2.45, 2.75) is 26.1 Å². The van der Waals surface area contributed by atoms with Crippen LogP contribution in [0.25, 0.3) is 0 Å². The Morgan fingerprint density at radius 3 is 1.59 bits per heavy atom. The van der Waals surface area contributed by atoms with Gasteiger partial charge in [0, 0.05) is 29.2 Å². The van der Waals surface area contributed by atoms with Crippen LogP contribution in [0.3, 0.4) is 0 Å². The molecule has 0 fully saturated rings. The first-order chi connectivity index (χ1) is 14.0. The molecular weight excluding hydrogens is 408 g/mol. The second-order valence-electron chi connectivity index (χ2n) is 6.35. The molecule has 0 amide bonds. The number of ether oxygens (including phenoxy) is 2. The molecule has 0 saturated carbocycles. The summed E-state index contributed by atoms with van der Waals surface area (Å²) in [7, 11) is 0. The third-order valence-corrected chi connectivity index (χ3v) is 6.11. The van der Waals surface area contributed by atoms with E-state index in [1.165, 1.54) is 36.5 Å². The first-order valence-corrected chi connectivity index (χ1v) is 10.7. The monoisotopic (exact) mass is 428 g/mol. The third kappa shape index (κ3) is 5.19. The van der Waals surface area contributed by atoms with Gasteiger partial charge in [0.15, 0.2) is 5.78 Å². The first kappa shape index (κ1) is 21.0. The molecule has 0 aliphatic rings. The van der Waals surface area contributed by atoms with E-state index in [0.717, 1.165) is 0 Å². The Morgan fingerprint density at radius 1 is 0.724 bits per heavy atom. The molecule has 0 aliphatic heterocycles. The number of Topliss-reactive ketones (excluding diaryl/α,β-unsaturated/α-hetero) is 1. The van der Waals surface area contributed by atoms with Crippen LogP contribution in [0.4, 0.5) is 0 Å². The molecule has 2 heterocycles. The van der Waals surface area contributed by atoms with Crippen LogP contribution in [0.2, 0.25) is 0 Å².